The van der Waals surface area contributed by atoms with E-state index in [0.29, 0.717) is 5.95 Å². The van der Waals surface area contributed by atoms with Crippen molar-refractivity contribution in [3.8, 4) is 5.69 Å². The Morgan fingerprint density at radius 3 is 2.74 bits per heavy atom. The Morgan fingerprint density at radius 2 is 2.00 bits per heavy atom. The van der Waals surface area contributed by atoms with E-state index in [1.54, 1.807) is 6.20 Å². The van der Waals surface area contributed by atoms with Gasteiger partial charge in [0.25, 0.3) is 0 Å². The van der Waals surface area contributed by atoms with Crippen LogP contribution in [0.4, 0.5) is 5.95 Å². The van der Waals surface area contributed by atoms with Crippen molar-refractivity contribution in [2.75, 3.05) is 5.73 Å². The number of fused-ring (bicyclic) bond motifs is 1. The number of hydrogen-bond donors (Lipinski definition) is 1. The maximum absolute atomic E-state index is 6.04. The van der Waals surface area contributed by atoms with Crippen LogP contribution in [0.3, 0.4) is 0 Å². The lowest BCUT2D eigenvalue weighted by molar-refractivity contribution is 1.06. The molecule has 4 nitrogen and oxygen atoms in total. The van der Waals surface area contributed by atoms with E-state index in [-0.39, 0.29) is 0 Å². The van der Waals surface area contributed by atoms with Crippen LogP contribution in [0.5, 0.6) is 0 Å². The lowest BCUT2D eigenvalue weighted by Crippen LogP contribution is -2.03. The van der Waals surface area contributed by atoms with E-state index in [0.717, 1.165) is 26.9 Å². The number of hydrogen-bond acceptors (Lipinski definition) is 3. The number of nitrogens with zero attached hydrogens (tertiary/aromatic N) is 3. The predicted octanol–water partition coefficient (Wildman–Crippen LogP) is 3.38. The molecule has 0 amide bonds. The molecular formula is C14H13BrN4. The van der Waals surface area contributed by atoms with E-state index in [1.165, 1.54) is 5.56 Å². The number of nitrogen functional groups attached to an aromatic ring is 1. The highest BCUT2D eigenvalue weighted by Gasteiger charge is 2.13. The molecule has 0 unspecified atom stereocenters. The summed E-state index contributed by atoms with van der Waals surface area (Å²) in [7, 11) is 0. The third kappa shape index (κ3) is 2.00. The van der Waals surface area contributed by atoms with Crippen molar-refractivity contribution in [1.82, 2.24) is 14.5 Å². The number of aromatic nitrogens is 3. The maximum Gasteiger partial charge on any atom is 0.207 e. The molecule has 3 rings (SSSR count). The molecule has 0 spiro atoms. The molecule has 2 N–H and O–H groups in total. The van der Waals surface area contributed by atoms with E-state index >= 15 is 0 Å². The Morgan fingerprint density at radius 1 is 1.21 bits per heavy atom. The summed E-state index contributed by atoms with van der Waals surface area (Å²) in [6.45, 7) is 4.13. The van der Waals surface area contributed by atoms with Gasteiger partial charge in [-0.2, -0.15) is 0 Å². The van der Waals surface area contributed by atoms with E-state index < -0.39 is 0 Å². The molecule has 0 bridgehead atoms. The van der Waals surface area contributed by atoms with Gasteiger partial charge in [0.15, 0.2) is 5.65 Å². The third-order valence-electron chi connectivity index (χ3n) is 3.08. The molecular weight excluding hydrogens is 304 g/mol. The molecule has 0 fully saturated rings. The van der Waals surface area contributed by atoms with Crippen LogP contribution in [-0.4, -0.2) is 14.5 Å². The molecule has 0 saturated carbocycles. The summed E-state index contributed by atoms with van der Waals surface area (Å²) in [5.74, 6) is 0.451. The Balaban J connectivity index is 2.33. The van der Waals surface area contributed by atoms with Gasteiger partial charge < -0.3 is 5.73 Å². The fraction of sp³-hybridized carbons (Fsp3) is 0.143. The predicted molar refractivity (Wildman–Crippen MR) is 80.5 cm³/mol. The quantitative estimate of drug-likeness (QED) is 0.748. The summed E-state index contributed by atoms with van der Waals surface area (Å²) in [4.78, 5) is 8.78. The van der Waals surface area contributed by atoms with Crippen LogP contribution in [0.15, 0.2) is 34.9 Å². The molecule has 2 aromatic heterocycles. The molecule has 2 heterocycles. The summed E-state index contributed by atoms with van der Waals surface area (Å²) in [6.07, 6.45) is 1.75. The van der Waals surface area contributed by atoms with Gasteiger partial charge >= 0.3 is 0 Å². The molecule has 0 radical (unpaired) electrons. The van der Waals surface area contributed by atoms with Gasteiger partial charge in [-0.15, -0.1) is 0 Å². The Kier molecular flexibility index (Phi) is 2.78. The number of aryl methyl sites for hydroxylation is 2. The molecule has 3 aromatic rings. The van der Waals surface area contributed by atoms with Crippen LogP contribution >= 0.6 is 15.9 Å². The summed E-state index contributed by atoms with van der Waals surface area (Å²) >= 11 is 3.39. The van der Waals surface area contributed by atoms with Gasteiger partial charge in [-0.25, -0.2) is 9.97 Å². The van der Waals surface area contributed by atoms with Gasteiger partial charge in [0, 0.05) is 10.7 Å². The fourth-order valence-corrected chi connectivity index (χ4v) is 2.57. The highest BCUT2D eigenvalue weighted by Crippen LogP contribution is 2.25. The van der Waals surface area contributed by atoms with Crippen molar-refractivity contribution in [2.24, 2.45) is 0 Å². The Bertz CT molecular complexity index is 776. The van der Waals surface area contributed by atoms with Crippen molar-refractivity contribution < 1.29 is 0 Å². The molecule has 0 aliphatic carbocycles. The highest BCUT2D eigenvalue weighted by molar-refractivity contribution is 9.10. The zero-order chi connectivity index (χ0) is 13.6. The minimum Gasteiger partial charge on any atom is -0.369 e. The number of imidazole rings is 1. The van der Waals surface area contributed by atoms with Crippen molar-refractivity contribution in [2.45, 2.75) is 13.8 Å². The first-order chi connectivity index (χ1) is 9.06. The van der Waals surface area contributed by atoms with E-state index in [9.17, 15) is 0 Å². The van der Waals surface area contributed by atoms with Gasteiger partial charge in [0.05, 0.1) is 5.69 Å². The summed E-state index contributed by atoms with van der Waals surface area (Å²) in [5, 5.41) is 0. The SMILES string of the molecule is Cc1ccc(-n2c(N)nc3cc(Br)cnc32)c(C)c1. The number of nitrogens with two attached hydrogens (primary N) is 1. The van der Waals surface area contributed by atoms with Crippen LogP contribution in [0.25, 0.3) is 16.9 Å². The molecule has 19 heavy (non-hydrogen) atoms. The smallest absolute Gasteiger partial charge is 0.207 e. The van der Waals surface area contributed by atoms with Crippen molar-refractivity contribution >= 4 is 33.0 Å². The zero-order valence-corrected chi connectivity index (χ0v) is 12.3. The van der Waals surface area contributed by atoms with Gasteiger partial charge in [0.1, 0.15) is 5.52 Å². The van der Waals surface area contributed by atoms with E-state index in [2.05, 4.69) is 51.9 Å². The Hall–Kier alpha value is -1.88. The van der Waals surface area contributed by atoms with E-state index in [1.807, 2.05) is 16.7 Å². The number of anilines is 1. The van der Waals surface area contributed by atoms with Crippen LogP contribution in [-0.2, 0) is 0 Å². The first-order valence-electron chi connectivity index (χ1n) is 5.93. The monoisotopic (exact) mass is 316 g/mol. The normalized spacial score (nSPS) is 11.1. The number of benzene rings is 1. The Labute approximate surface area is 119 Å². The second kappa shape index (κ2) is 4.35. The molecule has 0 saturated heterocycles. The molecule has 1 aromatic carbocycles. The largest absolute Gasteiger partial charge is 0.369 e. The van der Waals surface area contributed by atoms with Crippen LogP contribution in [0, 0.1) is 13.8 Å². The topological polar surface area (TPSA) is 56.7 Å². The first kappa shape index (κ1) is 12.2. The van der Waals surface area contributed by atoms with Crippen LogP contribution < -0.4 is 5.73 Å². The zero-order valence-electron chi connectivity index (χ0n) is 10.7. The summed E-state index contributed by atoms with van der Waals surface area (Å²) < 4.78 is 2.78. The van der Waals surface area contributed by atoms with Gasteiger partial charge in [0.2, 0.25) is 5.95 Å². The van der Waals surface area contributed by atoms with Crippen molar-refractivity contribution in [3.63, 3.8) is 0 Å². The average Bonchev–Trinajstić information content (AvgIpc) is 2.65. The summed E-state index contributed by atoms with van der Waals surface area (Å²) in [6, 6.07) is 8.15. The standard InChI is InChI=1S/C14H13BrN4/c1-8-3-4-12(9(2)5-8)19-13-11(18-14(19)16)6-10(15)7-17-13/h3-7H,1-2H3,(H2,16,18). The molecule has 0 aliphatic heterocycles. The lowest BCUT2D eigenvalue weighted by atomic mass is 10.1. The number of halogens is 1. The van der Waals surface area contributed by atoms with Crippen molar-refractivity contribution in [1.29, 1.82) is 0 Å². The molecule has 0 aliphatic rings. The second-order valence-electron chi connectivity index (χ2n) is 4.59. The van der Waals surface area contributed by atoms with Gasteiger partial charge in [-0.3, -0.25) is 4.57 Å². The van der Waals surface area contributed by atoms with Crippen LogP contribution in [0.2, 0.25) is 0 Å². The van der Waals surface area contributed by atoms with Crippen molar-refractivity contribution in [3.05, 3.63) is 46.1 Å². The molecule has 96 valence electrons. The maximum atomic E-state index is 6.04. The van der Waals surface area contributed by atoms with Crippen LogP contribution in [0.1, 0.15) is 11.1 Å². The van der Waals surface area contributed by atoms with E-state index in [4.69, 9.17) is 5.73 Å². The first-order valence-corrected chi connectivity index (χ1v) is 6.72. The molecule has 0 atom stereocenters. The molecule has 5 heteroatoms. The fourth-order valence-electron chi connectivity index (χ4n) is 2.25. The highest BCUT2D eigenvalue weighted by atomic mass is 79.9. The number of rotatable bonds is 1. The minimum atomic E-state index is 0.451. The third-order valence-corrected chi connectivity index (χ3v) is 3.52. The van der Waals surface area contributed by atoms with Gasteiger partial charge in [-0.05, 0) is 47.5 Å². The second-order valence-corrected chi connectivity index (χ2v) is 5.51. The minimum absolute atomic E-state index is 0.451. The summed E-state index contributed by atoms with van der Waals surface area (Å²) in [5.41, 5.74) is 11.0. The average molecular weight is 317 g/mol. The number of pyridine rings is 1. The van der Waals surface area contributed by atoms with Gasteiger partial charge in [-0.1, -0.05) is 17.7 Å². The lowest BCUT2D eigenvalue weighted by Gasteiger charge is -2.10.